The molecule has 1 atom stereocenters. The standard InChI is InChI=1S/C14H11ClFN3OS/c1-7(9-3-2-8(16)6-12(9)20)17-13-10(15)4-5-11-14(13)19-21-18-11/h2-7,17,20H,1H3. The monoisotopic (exact) mass is 323 g/mol. The van der Waals surface area contributed by atoms with Crippen molar-refractivity contribution in [3.8, 4) is 5.75 Å². The first-order valence-electron chi connectivity index (χ1n) is 6.22. The summed E-state index contributed by atoms with van der Waals surface area (Å²) in [6.45, 7) is 1.85. The maximum atomic E-state index is 13.1. The van der Waals surface area contributed by atoms with E-state index in [-0.39, 0.29) is 11.8 Å². The summed E-state index contributed by atoms with van der Waals surface area (Å²) in [5.74, 6) is -0.581. The fraction of sp³-hybridized carbons (Fsp3) is 0.143. The van der Waals surface area contributed by atoms with Gasteiger partial charge in [-0.2, -0.15) is 8.75 Å². The van der Waals surface area contributed by atoms with Gasteiger partial charge >= 0.3 is 0 Å². The molecule has 0 aliphatic rings. The third kappa shape index (κ3) is 2.64. The summed E-state index contributed by atoms with van der Waals surface area (Å²) in [7, 11) is 0. The Labute approximate surface area is 129 Å². The van der Waals surface area contributed by atoms with Gasteiger partial charge in [0.05, 0.1) is 28.5 Å². The minimum absolute atomic E-state index is 0.102. The Hall–Kier alpha value is -1.92. The molecule has 0 aliphatic carbocycles. The predicted molar refractivity (Wildman–Crippen MR) is 82.5 cm³/mol. The molecule has 0 amide bonds. The van der Waals surface area contributed by atoms with E-state index in [1.54, 1.807) is 12.1 Å². The van der Waals surface area contributed by atoms with E-state index in [1.165, 1.54) is 12.1 Å². The highest BCUT2D eigenvalue weighted by Crippen LogP contribution is 2.34. The van der Waals surface area contributed by atoms with Gasteiger partial charge in [-0.05, 0) is 25.1 Å². The van der Waals surface area contributed by atoms with Crippen molar-refractivity contribution in [3.05, 3.63) is 46.7 Å². The number of hydrogen-bond acceptors (Lipinski definition) is 5. The second kappa shape index (κ2) is 5.46. The SMILES string of the molecule is CC(Nc1c(Cl)ccc2nsnc12)c1ccc(F)cc1O. The summed E-state index contributed by atoms with van der Waals surface area (Å²) in [5, 5.41) is 13.6. The first-order valence-corrected chi connectivity index (χ1v) is 7.33. The molecule has 21 heavy (non-hydrogen) atoms. The second-order valence-electron chi connectivity index (χ2n) is 4.62. The Bertz CT molecular complexity index is 808. The van der Waals surface area contributed by atoms with Gasteiger partial charge in [-0.1, -0.05) is 17.7 Å². The van der Waals surface area contributed by atoms with E-state index in [0.717, 1.165) is 23.3 Å². The van der Waals surface area contributed by atoms with Crippen molar-refractivity contribution in [1.29, 1.82) is 0 Å². The molecule has 0 fully saturated rings. The lowest BCUT2D eigenvalue weighted by Gasteiger charge is -2.18. The first kappa shape index (κ1) is 14.0. The van der Waals surface area contributed by atoms with Crippen molar-refractivity contribution in [2.24, 2.45) is 0 Å². The van der Waals surface area contributed by atoms with E-state index < -0.39 is 5.82 Å². The molecule has 4 nitrogen and oxygen atoms in total. The number of hydrogen-bond donors (Lipinski definition) is 2. The Morgan fingerprint density at radius 2 is 2.10 bits per heavy atom. The van der Waals surface area contributed by atoms with Crippen molar-refractivity contribution in [2.75, 3.05) is 5.32 Å². The van der Waals surface area contributed by atoms with Crippen LogP contribution in [0.4, 0.5) is 10.1 Å². The summed E-state index contributed by atoms with van der Waals surface area (Å²) >= 11 is 7.31. The Morgan fingerprint density at radius 3 is 2.86 bits per heavy atom. The summed E-state index contributed by atoms with van der Waals surface area (Å²) in [4.78, 5) is 0. The summed E-state index contributed by atoms with van der Waals surface area (Å²) in [5.41, 5.74) is 2.66. The number of anilines is 1. The van der Waals surface area contributed by atoms with Crippen LogP contribution in [0.3, 0.4) is 0 Å². The highest BCUT2D eigenvalue weighted by Gasteiger charge is 2.16. The number of aromatic hydroxyl groups is 1. The molecule has 0 aliphatic heterocycles. The van der Waals surface area contributed by atoms with Gasteiger partial charge in [0.15, 0.2) is 0 Å². The summed E-state index contributed by atoms with van der Waals surface area (Å²) in [6.07, 6.45) is 0. The molecule has 0 spiro atoms. The van der Waals surface area contributed by atoms with Crippen molar-refractivity contribution < 1.29 is 9.50 Å². The molecule has 3 aromatic rings. The number of halogens is 2. The van der Waals surface area contributed by atoms with Crippen LogP contribution < -0.4 is 5.32 Å². The fourth-order valence-corrected chi connectivity index (χ4v) is 2.89. The molecule has 3 rings (SSSR count). The number of fused-ring (bicyclic) bond motifs is 1. The molecule has 1 aromatic heterocycles. The zero-order valence-electron chi connectivity index (χ0n) is 11.0. The minimum Gasteiger partial charge on any atom is -0.507 e. The molecule has 0 saturated carbocycles. The van der Waals surface area contributed by atoms with Crippen LogP contribution in [0.1, 0.15) is 18.5 Å². The lowest BCUT2D eigenvalue weighted by Crippen LogP contribution is -2.08. The van der Waals surface area contributed by atoms with Gasteiger partial charge in [-0.25, -0.2) is 4.39 Å². The highest BCUT2D eigenvalue weighted by atomic mass is 35.5. The number of benzene rings is 2. The Morgan fingerprint density at radius 1 is 1.29 bits per heavy atom. The van der Waals surface area contributed by atoms with Gasteiger partial charge in [0, 0.05) is 11.6 Å². The molecule has 0 radical (unpaired) electrons. The van der Waals surface area contributed by atoms with E-state index >= 15 is 0 Å². The van der Waals surface area contributed by atoms with Crippen LogP contribution in [-0.2, 0) is 0 Å². The highest BCUT2D eigenvalue weighted by molar-refractivity contribution is 7.00. The van der Waals surface area contributed by atoms with Gasteiger partial charge in [0.1, 0.15) is 22.6 Å². The summed E-state index contributed by atoms with van der Waals surface area (Å²) < 4.78 is 21.4. The van der Waals surface area contributed by atoms with Gasteiger partial charge in [-0.15, -0.1) is 0 Å². The first-order chi connectivity index (χ1) is 10.1. The van der Waals surface area contributed by atoms with Crippen LogP contribution in [0.5, 0.6) is 5.75 Å². The molecule has 7 heteroatoms. The van der Waals surface area contributed by atoms with Crippen LogP contribution in [-0.4, -0.2) is 13.9 Å². The fourth-order valence-electron chi connectivity index (χ4n) is 2.14. The lowest BCUT2D eigenvalue weighted by molar-refractivity contribution is 0.459. The normalized spacial score (nSPS) is 12.5. The lowest BCUT2D eigenvalue weighted by atomic mass is 10.1. The number of aromatic nitrogens is 2. The van der Waals surface area contributed by atoms with Crippen LogP contribution in [0, 0.1) is 5.82 Å². The van der Waals surface area contributed by atoms with Gasteiger partial charge < -0.3 is 10.4 Å². The van der Waals surface area contributed by atoms with Gasteiger partial charge in [0.2, 0.25) is 0 Å². The molecule has 2 N–H and O–H groups in total. The average molecular weight is 324 g/mol. The second-order valence-corrected chi connectivity index (χ2v) is 5.56. The van der Waals surface area contributed by atoms with Crippen LogP contribution in [0.25, 0.3) is 11.0 Å². The van der Waals surface area contributed by atoms with Gasteiger partial charge in [-0.3, -0.25) is 0 Å². The average Bonchev–Trinajstić information content (AvgIpc) is 2.90. The van der Waals surface area contributed by atoms with Crippen molar-refractivity contribution >= 4 is 40.0 Å². The molecule has 1 unspecified atom stereocenters. The zero-order valence-corrected chi connectivity index (χ0v) is 12.5. The minimum atomic E-state index is -0.479. The molecule has 108 valence electrons. The Balaban J connectivity index is 1.98. The third-order valence-electron chi connectivity index (χ3n) is 3.20. The third-order valence-corrected chi connectivity index (χ3v) is 4.05. The van der Waals surface area contributed by atoms with Crippen LogP contribution in [0.2, 0.25) is 5.02 Å². The molecule has 0 bridgehead atoms. The number of phenols is 1. The zero-order chi connectivity index (χ0) is 15.0. The smallest absolute Gasteiger partial charge is 0.129 e. The van der Waals surface area contributed by atoms with E-state index in [4.69, 9.17) is 11.6 Å². The maximum absolute atomic E-state index is 13.1. The maximum Gasteiger partial charge on any atom is 0.129 e. The number of nitrogens with zero attached hydrogens (tertiary/aromatic N) is 2. The van der Waals surface area contributed by atoms with Crippen molar-refractivity contribution in [3.63, 3.8) is 0 Å². The molecular formula is C14H11ClFN3OS. The molecular weight excluding hydrogens is 313 g/mol. The van der Waals surface area contributed by atoms with E-state index in [9.17, 15) is 9.50 Å². The summed E-state index contributed by atoms with van der Waals surface area (Å²) in [6, 6.07) is 7.20. The van der Waals surface area contributed by atoms with Crippen molar-refractivity contribution in [2.45, 2.75) is 13.0 Å². The number of phenolic OH excluding ortho intramolecular Hbond substituents is 1. The number of rotatable bonds is 3. The van der Waals surface area contributed by atoms with E-state index in [1.807, 2.05) is 6.92 Å². The largest absolute Gasteiger partial charge is 0.507 e. The van der Waals surface area contributed by atoms with E-state index in [0.29, 0.717) is 21.8 Å². The molecule has 0 saturated heterocycles. The van der Waals surface area contributed by atoms with Crippen LogP contribution in [0.15, 0.2) is 30.3 Å². The molecule has 2 aromatic carbocycles. The van der Waals surface area contributed by atoms with E-state index in [2.05, 4.69) is 14.1 Å². The van der Waals surface area contributed by atoms with Gasteiger partial charge in [0.25, 0.3) is 0 Å². The quantitative estimate of drug-likeness (QED) is 0.751. The predicted octanol–water partition coefficient (Wildman–Crippen LogP) is 4.36. The van der Waals surface area contributed by atoms with Crippen molar-refractivity contribution in [1.82, 2.24) is 8.75 Å². The molecule has 1 heterocycles. The number of nitrogens with one attached hydrogen (secondary N) is 1. The van der Waals surface area contributed by atoms with Crippen LogP contribution >= 0.6 is 23.3 Å². The topological polar surface area (TPSA) is 58.0 Å². The Kier molecular flexibility index (Phi) is 3.65.